The summed E-state index contributed by atoms with van der Waals surface area (Å²) in [6.45, 7) is 10.6. The van der Waals surface area contributed by atoms with Gasteiger partial charge in [0.2, 0.25) is 5.91 Å². The number of hydrogen-bond donors (Lipinski definition) is 1. The van der Waals surface area contributed by atoms with E-state index in [0.29, 0.717) is 17.9 Å². The lowest BCUT2D eigenvalue weighted by molar-refractivity contribution is -0.133. The Bertz CT molecular complexity index is 255. The second-order valence-corrected chi connectivity index (χ2v) is 5.99. The van der Waals surface area contributed by atoms with Crippen LogP contribution in [0.15, 0.2) is 0 Å². The maximum Gasteiger partial charge on any atom is 0.239 e. The fourth-order valence-corrected chi connectivity index (χ4v) is 3.16. The molecular formula is C16H32N2O. The van der Waals surface area contributed by atoms with Crippen molar-refractivity contribution in [3.8, 4) is 0 Å². The fourth-order valence-electron chi connectivity index (χ4n) is 3.16. The first-order valence-electron chi connectivity index (χ1n) is 8.14. The van der Waals surface area contributed by atoms with Crippen LogP contribution in [-0.2, 0) is 4.79 Å². The van der Waals surface area contributed by atoms with Crippen molar-refractivity contribution in [2.75, 3.05) is 13.1 Å². The molecule has 0 radical (unpaired) electrons. The zero-order valence-electron chi connectivity index (χ0n) is 13.2. The lowest BCUT2D eigenvalue weighted by atomic mass is 9.95. The molecule has 2 atom stereocenters. The SMILES string of the molecule is CCC(CC)C(C)NC(C)C(=O)N1CCCCCC1. The van der Waals surface area contributed by atoms with Crippen LogP contribution in [0.1, 0.15) is 66.2 Å². The molecule has 0 aliphatic carbocycles. The van der Waals surface area contributed by atoms with Gasteiger partial charge < -0.3 is 10.2 Å². The van der Waals surface area contributed by atoms with Crippen LogP contribution in [0.2, 0.25) is 0 Å². The van der Waals surface area contributed by atoms with Gasteiger partial charge in [0.05, 0.1) is 6.04 Å². The second kappa shape index (κ2) is 8.57. The molecule has 1 heterocycles. The number of rotatable bonds is 6. The van der Waals surface area contributed by atoms with Gasteiger partial charge in [-0.2, -0.15) is 0 Å². The Morgan fingerprint density at radius 3 is 2.05 bits per heavy atom. The summed E-state index contributed by atoms with van der Waals surface area (Å²) < 4.78 is 0. The molecule has 1 rings (SSSR count). The molecule has 0 aromatic rings. The number of nitrogens with one attached hydrogen (secondary N) is 1. The number of amides is 1. The quantitative estimate of drug-likeness (QED) is 0.802. The van der Waals surface area contributed by atoms with Crippen LogP contribution in [0, 0.1) is 5.92 Å². The van der Waals surface area contributed by atoms with Crippen molar-refractivity contribution in [1.82, 2.24) is 10.2 Å². The summed E-state index contributed by atoms with van der Waals surface area (Å²) in [6, 6.07) is 0.370. The highest BCUT2D eigenvalue weighted by Crippen LogP contribution is 2.15. The summed E-state index contributed by atoms with van der Waals surface area (Å²) in [4.78, 5) is 14.5. The standard InChI is InChI=1S/C16H32N2O/c1-5-15(6-2)13(3)17-14(4)16(19)18-11-9-7-8-10-12-18/h13-15,17H,5-12H2,1-4H3. The average Bonchev–Trinajstić information content (AvgIpc) is 2.68. The van der Waals surface area contributed by atoms with Crippen molar-refractivity contribution in [3.63, 3.8) is 0 Å². The van der Waals surface area contributed by atoms with Crippen molar-refractivity contribution in [1.29, 1.82) is 0 Å². The first-order chi connectivity index (χ1) is 9.10. The Kier molecular flexibility index (Phi) is 7.44. The van der Waals surface area contributed by atoms with Gasteiger partial charge >= 0.3 is 0 Å². The van der Waals surface area contributed by atoms with Crippen LogP contribution in [0.25, 0.3) is 0 Å². The minimum atomic E-state index is -0.0475. The van der Waals surface area contributed by atoms with Crippen LogP contribution in [0.3, 0.4) is 0 Å². The van der Waals surface area contributed by atoms with Gasteiger partial charge in [-0.3, -0.25) is 4.79 Å². The van der Waals surface area contributed by atoms with Gasteiger partial charge in [0.25, 0.3) is 0 Å². The van der Waals surface area contributed by atoms with E-state index in [1.807, 2.05) is 6.92 Å². The summed E-state index contributed by atoms with van der Waals surface area (Å²) in [5.41, 5.74) is 0. The normalized spacial score (nSPS) is 20.2. The molecule has 1 aliphatic rings. The van der Waals surface area contributed by atoms with Crippen LogP contribution in [0.5, 0.6) is 0 Å². The van der Waals surface area contributed by atoms with E-state index in [1.165, 1.54) is 38.5 Å². The molecular weight excluding hydrogens is 236 g/mol. The van der Waals surface area contributed by atoms with Crippen LogP contribution < -0.4 is 5.32 Å². The maximum absolute atomic E-state index is 12.4. The molecule has 0 bridgehead atoms. The lowest BCUT2D eigenvalue weighted by Crippen LogP contribution is -2.49. The van der Waals surface area contributed by atoms with Crippen molar-refractivity contribution in [3.05, 3.63) is 0 Å². The van der Waals surface area contributed by atoms with E-state index in [1.54, 1.807) is 0 Å². The minimum Gasteiger partial charge on any atom is -0.341 e. The van der Waals surface area contributed by atoms with Crippen LogP contribution >= 0.6 is 0 Å². The summed E-state index contributed by atoms with van der Waals surface area (Å²) in [5.74, 6) is 0.957. The van der Waals surface area contributed by atoms with Crippen LogP contribution in [0.4, 0.5) is 0 Å². The lowest BCUT2D eigenvalue weighted by Gasteiger charge is -2.29. The smallest absolute Gasteiger partial charge is 0.239 e. The highest BCUT2D eigenvalue weighted by Gasteiger charge is 2.24. The molecule has 1 fully saturated rings. The topological polar surface area (TPSA) is 32.3 Å². The minimum absolute atomic E-state index is 0.0475. The third-order valence-corrected chi connectivity index (χ3v) is 4.56. The molecule has 1 amide bonds. The van der Waals surface area contributed by atoms with Gasteiger partial charge in [-0.25, -0.2) is 0 Å². The zero-order chi connectivity index (χ0) is 14.3. The molecule has 1 saturated heterocycles. The van der Waals surface area contributed by atoms with E-state index in [4.69, 9.17) is 0 Å². The Morgan fingerprint density at radius 1 is 1.05 bits per heavy atom. The molecule has 3 heteroatoms. The molecule has 1 N–H and O–H groups in total. The predicted octanol–water partition coefficient (Wildman–Crippen LogP) is 3.19. The largest absolute Gasteiger partial charge is 0.341 e. The first kappa shape index (κ1) is 16.5. The number of carbonyl (C=O) groups excluding carboxylic acids is 1. The maximum atomic E-state index is 12.4. The summed E-state index contributed by atoms with van der Waals surface area (Å²) in [6.07, 6.45) is 7.23. The second-order valence-electron chi connectivity index (χ2n) is 5.99. The highest BCUT2D eigenvalue weighted by atomic mass is 16.2. The molecule has 112 valence electrons. The van der Waals surface area contributed by atoms with Crippen LogP contribution in [-0.4, -0.2) is 36.0 Å². The van der Waals surface area contributed by atoms with Gasteiger partial charge in [0.1, 0.15) is 0 Å². The van der Waals surface area contributed by atoms with E-state index in [9.17, 15) is 4.79 Å². The zero-order valence-corrected chi connectivity index (χ0v) is 13.2. The van der Waals surface area contributed by atoms with E-state index in [-0.39, 0.29) is 6.04 Å². The molecule has 3 nitrogen and oxygen atoms in total. The molecule has 0 saturated carbocycles. The average molecular weight is 268 g/mol. The number of likely N-dealkylation sites (tertiary alicyclic amines) is 1. The molecule has 0 spiro atoms. The fraction of sp³-hybridized carbons (Fsp3) is 0.938. The first-order valence-corrected chi connectivity index (χ1v) is 8.14. The van der Waals surface area contributed by atoms with Gasteiger partial charge in [0, 0.05) is 19.1 Å². The molecule has 1 aliphatic heterocycles. The summed E-state index contributed by atoms with van der Waals surface area (Å²) >= 11 is 0. The van der Waals surface area contributed by atoms with Gasteiger partial charge in [0.15, 0.2) is 0 Å². The van der Waals surface area contributed by atoms with Gasteiger partial charge in [-0.1, -0.05) is 39.5 Å². The van der Waals surface area contributed by atoms with E-state index in [2.05, 4.69) is 31.0 Å². The Hall–Kier alpha value is -0.570. The molecule has 0 aromatic carbocycles. The van der Waals surface area contributed by atoms with E-state index in [0.717, 1.165) is 13.1 Å². The number of hydrogen-bond acceptors (Lipinski definition) is 2. The van der Waals surface area contributed by atoms with Gasteiger partial charge in [-0.05, 0) is 32.6 Å². The Balaban J connectivity index is 2.46. The van der Waals surface area contributed by atoms with Crippen molar-refractivity contribution >= 4 is 5.91 Å². The Morgan fingerprint density at radius 2 is 1.58 bits per heavy atom. The highest BCUT2D eigenvalue weighted by molar-refractivity contribution is 5.81. The predicted molar refractivity (Wildman–Crippen MR) is 81.2 cm³/mol. The molecule has 19 heavy (non-hydrogen) atoms. The monoisotopic (exact) mass is 268 g/mol. The van der Waals surface area contributed by atoms with Crippen molar-refractivity contribution < 1.29 is 4.79 Å². The molecule has 2 unspecified atom stereocenters. The summed E-state index contributed by atoms with van der Waals surface area (Å²) in [5, 5.41) is 3.51. The number of carbonyl (C=O) groups is 1. The third-order valence-electron chi connectivity index (χ3n) is 4.56. The van der Waals surface area contributed by atoms with Crippen molar-refractivity contribution in [2.24, 2.45) is 5.92 Å². The third kappa shape index (κ3) is 5.13. The van der Waals surface area contributed by atoms with E-state index < -0.39 is 0 Å². The summed E-state index contributed by atoms with van der Waals surface area (Å²) in [7, 11) is 0. The Labute approximate surface area is 119 Å². The van der Waals surface area contributed by atoms with Crippen molar-refractivity contribution in [2.45, 2.75) is 78.3 Å². The number of nitrogens with zero attached hydrogens (tertiary/aromatic N) is 1. The molecule has 0 aromatic heterocycles. The van der Waals surface area contributed by atoms with Gasteiger partial charge in [-0.15, -0.1) is 0 Å². The van der Waals surface area contributed by atoms with E-state index >= 15 is 0 Å².